The predicted octanol–water partition coefficient (Wildman–Crippen LogP) is 2.05. The van der Waals surface area contributed by atoms with Crippen LogP contribution in [0, 0.1) is 29.1 Å². The molecule has 0 fully saturated rings. The molecule has 2 aromatic rings. The van der Waals surface area contributed by atoms with Crippen LogP contribution in [-0.2, 0) is 20.7 Å². The number of aromatic amines is 2. The lowest BCUT2D eigenvalue weighted by Crippen LogP contribution is -2.46. The van der Waals surface area contributed by atoms with Crippen LogP contribution in [-0.4, -0.2) is 84.1 Å². The smallest absolute Gasteiger partial charge is 0.352 e. The fourth-order valence-electron chi connectivity index (χ4n) is 4.97. The van der Waals surface area contributed by atoms with E-state index in [9.17, 15) is 29.1 Å². The maximum absolute atomic E-state index is 12.9. The number of carbonyl (C=O) groups is 3. The van der Waals surface area contributed by atoms with E-state index in [1.54, 1.807) is 28.1 Å². The van der Waals surface area contributed by atoms with Gasteiger partial charge in [-0.25, -0.2) is 9.59 Å². The standard InChI is InChI=1S/C30H53N3O6.C5H4N2O4/c1-19(2)22(14-21-10-11-26(38-8)27(15-21)39-13-9-12-37-7)16-24(31)25(34)17-23(20(3)4)28(35)33-18-30(5,6)29(32)36;8-3-1-2(4(9)10)6-5(11)7-3/h10-11,15,19-20,22-25,34H,9,12-14,16-18,31H2,1-8H3,(H2,32,36)(H,33,35);1H,(H,9,10)(H2,6,7,8,11)/t22-,23-,24-,25-;/m0./s1. The van der Waals surface area contributed by atoms with Crippen molar-refractivity contribution in [3.05, 3.63) is 56.4 Å². The van der Waals surface area contributed by atoms with Gasteiger partial charge >= 0.3 is 11.7 Å². The molecule has 0 bridgehead atoms. The van der Waals surface area contributed by atoms with E-state index in [4.69, 9.17) is 30.8 Å². The van der Waals surface area contributed by atoms with Crippen molar-refractivity contribution in [2.45, 2.75) is 79.4 Å². The lowest BCUT2D eigenvalue weighted by molar-refractivity contribution is -0.130. The number of nitrogens with one attached hydrogen (secondary N) is 3. The maximum atomic E-state index is 12.9. The van der Waals surface area contributed by atoms with Crippen LogP contribution in [0.3, 0.4) is 0 Å². The van der Waals surface area contributed by atoms with Crippen molar-refractivity contribution in [2.75, 3.05) is 34.0 Å². The van der Waals surface area contributed by atoms with Crippen molar-refractivity contribution in [1.82, 2.24) is 15.3 Å². The monoisotopic (exact) mass is 707 g/mol. The highest BCUT2D eigenvalue weighted by Crippen LogP contribution is 2.32. The molecule has 0 saturated carbocycles. The van der Waals surface area contributed by atoms with Crippen molar-refractivity contribution in [2.24, 2.45) is 40.6 Å². The van der Waals surface area contributed by atoms with E-state index in [1.165, 1.54) is 0 Å². The topological polar surface area (TPSA) is 249 Å². The van der Waals surface area contributed by atoms with Crippen molar-refractivity contribution in [1.29, 1.82) is 0 Å². The number of methoxy groups -OCH3 is 2. The summed E-state index contributed by atoms with van der Waals surface area (Å²) in [6.07, 6.45) is 1.56. The zero-order valence-corrected chi connectivity index (χ0v) is 30.5. The number of carboxylic acids is 1. The summed E-state index contributed by atoms with van der Waals surface area (Å²) < 4.78 is 16.5. The fraction of sp³-hybridized carbons (Fsp3) is 0.629. The molecule has 0 radical (unpaired) electrons. The molecule has 15 nitrogen and oxygen atoms in total. The largest absolute Gasteiger partial charge is 0.493 e. The Kier molecular flexibility index (Phi) is 18.5. The second-order valence-electron chi connectivity index (χ2n) is 13.7. The van der Waals surface area contributed by atoms with Gasteiger partial charge in [-0.05, 0) is 68.6 Å². The molecule has 15 heteroatoms. The average molecular weight is 708 g/mol. The minimum Gasteiger partial charge on any atom is -0.493 e. The molecule has 0 saturated heterocycles. The third-order valence-electron chi connectivity index (χ3n) is 8.49. The van der Waals surface area contributed by atoms with Crippen LogP contribution in [0.25, 0.3) is 0 Å². The summed E-state index contributed by atoms with van der Waals surface area (Å²) in [5, 5.41) is 22.2. The molecule has 1 aromatic carbocycles. The van der Waals surface area contributed by atoms with Gasteiger partial charge in [-0.2, -0.15) is 0 Å². The zero-order valence-electron chi connectivity index (χ0n) is 30.5. The Labute approximate surface area is 293 Å². The number of aromatic nitrogens is 2. The number of hydrogen-bond acceptors (Lipinski definition) is 10. The number of hydrogen-bond donors (Lipinski definition) is 7. The number of aliphatic hydroxyl groups is 1. The van der Waals surface area contributed by atoms with E-state index in [-0.39, 0.29) is 30.7 Å². The lowest BCUT2D eigenvalue weighted by atomic mass is 9.80. The summed E-state index contributed by atoms with van der Waals surface area (Å²) in [5.41, 5.74) is 10.2. The average Bonchev–Trinajstić information content (AvgIpc) is 3.03. The summed E-state index contributed by atoms with van der Waals surface area (Å²) in [4.78, 5) is 59.4. The first-order chi connectivity index (χ1) is 23.3. The summed E-state index contributed by atoms with van der Waals surface area (Å²) in [5.74, 6) is -0.547. The van der Waals surface area contributed by atoms with Crippen molar-refractivity contribution < 1.29 is 38.8 Å². The van der Waals surface area contributed by atoms with Crippen molar-refractivity contribution in [3.63, 3.8) is 0 Å². The van der Waals surface area contributed by atoms with E-state index in [0.29, 0.717) is 37.1 Å². The third-order valence-corrected chi connectivity index (χ3v) is 8.49. The Bertz CT molecular complexity index is 1460. The lowest BCUT2D eigenvalue weighted by Gasteiger charge is -2.30. The normalized spacial score (nSPS) is 13.8. The van der Waals surface area contributed by atoms with Gasteiger partial charge in [-0.15, -0.1) is 0 Å². The van der Waals surface area contributed by atoms with Gasteiger partial charge in [0.25, 0.3) is 5.56 Å². The Morgan fingerprint density at radius 2 is 1.62 bits per heavy atom. The van der Waals surface area contributed by atoms with Gasteiger partial charge < -0.3 is 46.2 Å². The number of aliphatic hydroxyl groups excluding tert-OH is 1. The highest BCUT2D eigenvalue weighted by molar-refractivity contribution is 5.85. The molecule has 2 rings (SSSR count). The number of carbonyl (C=O) groups excluding carboxylic acids is 2. The van der Waals surface area contributed by atoms with Crippen LogP contribution in [0.5, 0.6) is 11.5 Å². The summed E-state index contributed by atoms with van der Waals surface area (Å²) in [7, 11) is 3.29. The molecule has 0 aliphatic heterocycles. The van der Waals surface area contributed by atoms with E-state index in [1.807, 2.05) is 42.0 Å². The molecule has 0 spiro atoms. The number of amides is 2. The number of nitrogens with two attached hydrogens (primary N) is 2. The van der Waals surface area contributed by atoms with Gasteiger partial charge in [-0.1, -0.05) is 33.8 Å². The first-order valence-electron chi connectivity index (χ1n) is 16.7. The molecule has 1 heterocycles. The number of benzene rings is 1. The van der Waals surface area contributed by atoms with E-state index < -0.39 is 52.3 Å². The summed E-state index contributed by atoms with van der Waals surface area (Å²) in [6, 6.07) is 6.26. The van der Waals surface area contributed by atoms with Crippen LogP contribution < -0.4 is 37.5 Å². The molecule has 9 N–H and O–H groups in total. The first kappa shape index (κ1) is 43.8. The van der Waals surface area contributed by atoms with Gasteiger partial charge in [0.05, 0.1) is 25.2 Å². The molecule has 1 aromatic heterocycles. The molecular weight excluding hydrogens is 650 g/mol. The molecule has 0 aliphatic rings. The summed E-state index contributed by atoms with van der Waals surface area (Å²) in [6.45, 7) is 12.9. The number of H-pyrrole nitrogens is 2. The third kappa shape index (κ3) is 15.1. The van der Waals surface area contributed by atoms with Gasteiger partial charge in [0.2, 0.25) is 11.8 Å². The van der Waals surface area contributed by atoms with Crippen LogP contribution in [0.2, 0.25) is 0 Å². The van der Waals surface area contributed by atoms with Crippen molar-refractivity contribution >= 4 is 17.8 Å². The number of carboxylic acid groups (broad SMARTS) is 1. The van der Waals surface area contributed by atoms with E-state index in [2.05, 4.69) is 19.2 Å². The molecular formula is C35H57N5O10. The second kappa shape index (κ2) is 21.1. The Balaban J connectivity index is 0.000000957. The first-order valence-corrected chi connectivity index (χ1v) is 16.7. The highest BCUT2D eigenvalue weighted by atomic mass is 16.5. The van der Waals surface area contributed by atoms with Gasteiger partial charge in [0.1, 0.15) is 5.69 Å². The second-order valence-corrected chi connectivity index (χ2v) is 13.7. The number of primary amides is 1. The molecule has 0 unspecified atom stereocenters. The van der Waals surface area contributed by atoms with Gasteiger partial charge in [-0.3, -0.25) is 19.4 Å². The Morgan fingerprint density at radius 1 is 0.960 bits per heavy atom. The van der Waals surface area contributed by atoms with Crippen LogP contribution in [0.1, 0.15) is 76.9 Å². The Hall–Kier alpha value is -4.21. The molecule has 0 aliphatic carbocycles. The SMILES string of the molecule is COCCCOc1cc(C[C@@H](C[C@H](N)[C@@H](O)C[C@H](C(=O)NCC(C)(C)C(N)=O)C(C)C)C(C)C)ccc1OC.O=C(O)c1cc(=O)[nH]c(=O)[nH]1. The van der Waals surface area contributed by atoms with Crippen LogP contribution in [0.15, 0.2) is 33.9 Å². The number of rotatable bonds is 20. The number of ether oxygens (including phenoxy) is 3. The molecule has 2 amide bonds. The van der Waals surface area contributed by atoms with E-state index in [0.717, 1.165) is 24.5 Å². The van der Waals surface area contributed by atoms with Crippen LogP contribution in [0.4, 0.5) is 0 Å². The maximum Gasteiger partial charge on any atom is 0.352 e. The number of aromatic carboxylic acids is 1. The molecule has 50 heavy (non-hydrogen) atoms. The quantitative estimate of drug-likeness (QED) is 0.0981. The highest BCUT2D eigenvalue weighted by Gasteiger charge is 2.32. The summed E-state index contributed by atoms with van der Waals surface area (Å²) >= 11 is 0. The van der Waals surface area contributed by atoms with Crippen LogP contribution >= 0.6 is 0 Å². The van der Waals surface area contributed by atoms with Gasteiger partial charge in [0, 0.05) is 44.7 Å². The fourth-order valence-corrected chi connectivity index (χ4v) is 4.97. The van der Waals surface area contributed by atoms with E-state index >= 15 is 0 Å². The minimum absolute atomic E-state index is 0.00829. The zero-order chi connectivity index (χ0) is 38.2. The Morgan fingerprint density at radius 3 is 2.14 bits per heavy atom. The van der Waals surface area contributed by atoms with Crippen molar-refractivity contribution in [3.8, 4) is 11.5 Å². The minimum atomic E-state index is -1.34. The molecule has 4 atom stereocenters. The van der Waals surface area contributed by atoms with Gasteiger partial charge in [0.15, 0.2) is 11.5 Å². The predicted molar refractivity (Wildman–Crippen MR) is 189 cm³/mol. The molecule has 282 valence electrons.